The maximum atomic E-state index is 10.1. The average Bonchev–Trinajstić information content (AvgIpc) is 1.98. The standard InChI is InChI=1S/C8H18O6S/c1-8(2,3)13-6-4-12-5-7-14-15(9,10)11/h4-7H2,1-3H3,(H,9,10,11). The smallest absolute Gasteiger partial charge is 0.377 e. The molecule has 0 amide bonds. The monoisotopic (exact) mass is 242 g/mol. The SMILES string of the molecule is CC(C)(C)OCCOCCOS(=O)(=O)O. The number of hydrogen-bond donors (Lipinski definition) is 1. The van der Waals surface area contributed by atoms with Gasteiger partial charge in [0.15, 0.2) is 0 Å². The zero-order valence-corrected chi connectivity index (χ0v) is 10.0. The molecule has 7 heteroatoms. The van der Waals surface area contributed by atoms with E-state index in [0.717, 1.165) is 0 Å². The summed E-state index contributed by atoms with van der Waals surface area (Å²) in [7, 11) is -4.35. The minimum absolute atomic E-state index is 0.0906. The highest BCUT2D eigenvalue weighted by Gasteiger charge is 2.09. The van der Waals surface area contributed by atoms with E-state index in [9.17, 15) is 8.42 Å². The van der Waals surface area contributed by atoms with Crippen molar-refractivity contribution < 1.29 is 26.6 Å². The summed E-state index contributed by atoms with van der Waals surface area (Å²) in [6.07, 6.45) is 0. The lowest BCUT2D eigenvalue weighted by Crippen LogP contribution is -2.22. The molecule has 15 heavy (non-hydrogen) atoms. The molecule has 0 rings (SSSR count). The molecule has 0 spiro atoms. The maximum Gasteiger partial charge on any atom is 0.397 e. The lowest BCUT2D eigenvalue weighted by Gasteiger charge is -2.19. The molecule has 0 aliphatic heterocycles. The Morgan fingerprint density at radius 1 is 1.07 bits per heavy atom. The van der Waals surface area contributed by atoms with Gasteiger partial charge in [0, 0.05) is 0 Å². The Balaban J connectivity index is 3.27. The van der Waals surface area contributed by atoms with E-state index in [2.05, 4.69) is 4.18 Å². The largest absolute Gasteiger partial charge is 0.397 e. The first kappa shape index (κ1) is 14.8. The molecule has 0 heterocycles. The fourth-order valence-electron chi connectivity index (χ4n) is 0.707. The van der Waals surface area contributed by atoms with Gasteiger partial charge in [-0.15, -0.1) is 0 Å². The van der Waals surface area contributed by atoms with Crippen molar-refractivity contribution in [3.05, 3.63) is 0 Å². The summed E-state index contributed by atoms with van der Waals surface area (Å²) in [6, 6.07) is 0. The molecule has 0 saturated heterocycles. The molecule has 0 aromatic rings. The lowest BCUT2D eigenvalue weighted by molar-refractivity contribution is -0.0376. The molecular weight excluding hydrogens is 224 g/mol. The van der Waals surface area contributed by atoms with Gasteiger partial charge >= 0.3 is 10.4 Å². The second kappa shape index (κ2) is 6.39. The molecule has 0 aromatic carbocycles. The van der Waals surface area contributed by atoms with Gasteiger partial charge < -0.3 is 9.47 Å². The first-order valence-electron chi connectivity index (χ1n) is 4.54. The van der Waals surface area contributed by atoms with Gasteiger partial charge in [-0.1, -0.05) is 0 Å². The van der Waals surface area contributed by atoms with Crippen molar-refractivity contribution in [2.24, 2.45) is 0 Å². The van der Waals surface area contributed by atoms with Crippen LogP contribution in [0.1, 0.15) is 20.8 Å². The van der Waals surface area contributed by atoms with Crippen molar-refractivity contribution in [3.8, 4) is 0 Å². The van der Waals surface area contributed by atoms with E-state index < -0.39 is 10.4 Å². The van der Waals surface area contributed by atoms with Crippen LogP contribution in [0.4, 0.5) is 0 Å². The van der Waals surface area contributed by atoms with Crippen LogP contribution >= 0.6 is 0 Å². The second-order valence-electron chi connectivity index (χ2n) is 3.82. The predicted molar refractivity (Wildman–Crippen MR) is 54.0 cm³/mol. The van der Waals surface area contributed by atoms with Gasteiger partial charge in [-0.05, 0) is 20.8 Å². The van der Waals surface area contributed by atoms with Gasteiger partial charge in [0.25, 0.3) is 0 Å². The molecule has 0 radical (unpaired) electrons. The Morgan fingerprint density at radius 3 is 2.07 bits per heavy atom. The quantitative estimate of drug-likeness (QED) is 0.521. The first-order valence-corrected chi connectivity index (χ1v) is 5.91. The Kier molecular flexibility index (Phi) is 6.30. The van der Waals surface area contributed by atoms with Crippen molar-refractivity contribution in [1.29, 1.82) is 0 Å². The third-order valence-electron chi connectivity index (χ3n) is 1.22. The zero-order valence-electron chi connectivity index (χ0n) is 9.23. The van der Waals surface area contributed by atoms with Crippen molar-refractivity contribution in [1.82, 2.24) is 0 Å². The predicted octanol–water partition coefficient (Wildman–Crippen LogP) is 0.638. The van der Waals surface area contributed by atoms with E-state index in [4.69, 9.17) is 14.0 Å². The minimum Gasteiger partial charge on any atom is -0.377 e. The zero-order chi connectivity index (χ0) is 11.9. The molecule has 0 atom stereocenters. The van der Waals surface area contributed by atoms with E-state index >= 15 is 0 Å². The van der Waals surface area contributed by atoms with E-state index in [0.29, 0.717) is 13.2 Å². The highest BCUT2D eigenvalue weighted by Crippen LogP contribution is 2.05. The highest BCUT2D eigenvalue weighted by molar-refractivity contribution is 7.80. The van der Waals surface area contributed by atoms with Crippen LogP contribution in [-0.2, 0) is 24.1 Å². The Morgan fingerprint density at radius 2 is 1.60 bits per heavy atom. The highest BCUT2D eigenvalue weighted by atomic mass is 32.3. The van der Waals surface area contributed by atoms with Gasteiger partial charge in [-0.25, -0.2) is 4.18 Å². The Bertz CT molecular complexity index is 253. The summed E-state index contributed by atoms with van der Waals surface area (Å²) in [5.74, 6) is 0. The van der Waals surface area contributed by atoms with Crippen molar-refractivity contribution in [2.75, 3.05) is 26.4 Å². The van der Waals surface area contributed by atoms with Gasteiger partial charge in [-0.2, -0.15) is 8.42 Å². The number of hydrogen-bond acceptors (Lipinski definition) is 5. The molecule has 0 saturated carbocycles. The molecular formula is C8H18O6S. The molecule has 0 aliphatic carbocycles. The summed E-state index contributed by atoms with van der Waals surface area (Å²) >= 11 is 0. The fourth-order valence-corrected chi connectivity index (χ4v) is 0.986. The van der Waals surface area contributed by atoms with Crippen LogP contribution in [0.5, 0.6) is 0 Å². The van der Waals surface area contributed by atoms with E-state index in [1.54, 1.807) is 0 Å². The Hall–Kier alpha value is -0.210. The van der Waals surface area contributed by atoms with Crippen molar-refractivity contribution >= 4 is 10.4 Å². The second-order valence-corrected chi connectivity index (χ2v) is 4.91. The number of rotatable bonds is 7. The van der Waals surface area contributed by atoms with E-state index in [1.807, 2.05) is 20.8 Å². The van der Waals surface area contributed by atoms with Crippen LogP contribution < -0.4 is 0 Å². The first-order chi connectivity index (χ1) is 6.71. The molecule has 0 unspecified atom stereocenters. The third-order valence-corrected chi connectivity index (χ3v) is 1.69. The molecule has 0 aromatic heterocycles. The summed E-state index contributed by atoms with van der Waals surface area (Å²) in [4.78, 5) is 0. The van der Waals surface area contributed by atoms with Crippen LogP contribution in [0.3, 0.4) is 0 Å². The maximum absolute atomic E-state index is 10.1. The van der Waals surface area contributed by atoms with Crippen LogP contribution in [0.2, 0.25) is 0 Å². The van der Waals surface area contributed by atoms with Crippen LogP contribution in [-0.4, -0.2) is 45.0 Å². The molecule has 6 nitrogen and oxygen atoms in total. The van der Waals surface area contributed by atoms with Gasteiger partial charge in [0.1, 0.15) is 0 Å². The molecule has 0 aliphatic rings. The van der Waals surface area contributed by atoms with Gasteiger partial charge in [0.05, 0.1) is 32.0 Å². The van der Waals surface area contributed by atoms with Crippen LogP contribution in [0.25, 0.3) is 0 Å². The van der Waals surface area contributed by atoms with Gasteiger partial charge in [-0.3, -0.25) is 4.55 Å². The summed E-state index contributed by atoms with van der Waals surface area (Å²) in [6.45, 7) is 6.44. The van der Waals surface area contributed by atoms with E-state index in [-0.39, 0.29) is 18.8 Å². The molecule has 0 bridgehead atoms. The summed E-state index contributed by atoms with van der Waals surface area (Å²) in [5, 5.41) is 0. The minimum atomic E-state index is -4.35. The van der Waals surface area contributed by atoms with Crippen molar-refractivity contribution in [2.45, 2.75) is 26.4 Å². The fraction of sp³-hybridized carbons (Fsp3) is 1.00. The van der Waals surface area contributed by atoms with Gasteiger partial charge in [0.2, 0.25) is 0 Å². The molecule has 92 valence electrons. The molecule has 0 fully saturated rings. The molecule has 1 N–H and O–H groups in total. The topological polar surface area (TPSA) is 82.1 Å². The van der Waals surface area contributed by atoms with Crippen LogP contribution in [0.15, 0.2) is 0 Å². The summed E-state index contributed by atoms with van der Waals surface area (Å²) in [5.41, 5.74) is -0.214. The third kappa shape index (κ3) is 13.8. The lowest BCUT2D eigenvalue weighted by atomic mass is 10.2. The van der Waals surface area contributed by atoms with Crippen LogP contribution in [0, 0.1) is 0 Å². The Labute approximate surface area is 90.5 Å². The summed E-state index contributed by atoms with van der Waals surface area (Å²) < 4.78 is 42.8. The van der Waals surface area contributed by atoms with Crippen molar-refractivity contribution in [3.63, 3.8) is 0 Å². The van der Waals surface area contributed by atoms with E-state index in [1.165, 1.54) is 0 Å². The average molecular weight is 242 g/mol. The normalized spacial score (nSPS) is 13.1. The number of ether oxygens (including phenoxy) is 2.